The fourth-order valence-corrected chi connectivity index (χ4v) is 1.98. The van der Waals surface area contributed by atoms with Crippen LogP contribution in [0.3, 0.4) is 0 Å². The first-order valence-corrected chi connectivity index (χ1v) is 6.62. The van der Waals surface area contributed by atoms with Crippen LogP contribution in [-0.2, 0) is 6.42 Å². The molecule has 2 nitrogen and oxygen atoms in total. The van der Waals surface area contributed by atoms with Gasteiger partial charge in [-0.2, -0.15) is 0 Å². The molecule has 2 aromatic rings. The van der Waals surface area contributed by atoms with Gasteiger partial charge in [-0.1, -0.05) is 32.9 Å². The normalized spacial score (nSPS) is 11.4. The van der Waals surface area contributed by atoms with E-state index in [1.165, 1.54) is 5.56 Å². The van der Waals surface area contributed by atoms with E-state index in [1.54, 1.807) is 6.20 Å². The summed E-state index contributed by atoms with van der Waals surface area (Å²) in [7, 11) is 0. The van der Waals surface area contributed by atoms with E-state index in [1.807, 2.05) is 31.2 Å². The Hall–Kier alpha value is -1.83. The topological polar surface area (TPSA) is 22.1 Å². The first kappa shape index (κ1) is 13.6. The van der Waals surface area contributed by atoms with Gasteiger partial charge in [0.1, 0.15) is 11.5 Å². The third-order valence-electron chi connectivity index (χ3n) is 2.75. The molecule has 0 N–H and O–H groups in total. The summed E-state index contributed by atoms with van der Waals surface area (Å²) >= 11 is 0. The van der Waals surface area contributed by atoms with Crippen molar-refractivity contribution in [2.75, 3.05) is 0 Å². The second kappa shape index (κ2) is 5.43. The van der Waals surface area contributed by atoms with Gasteiger partial charge in [0.2, 0.25) is 0 Å². The van der Waals surface area contributed by atoms with Gasteiger partial charge >= 0.3 is 0 Å². The third kappa shape index (κ3) is 4.40. The van der Waals surface area contributed by atoms with Gasteiger partial charge in [0.05, 0.1) is 6.20 Å². The summed E-state index contributed by atoms with van der Waals surface area (Å²) in [5.74, 6) is 1.64. The van der Waals surface area contributed by atoms with Crippen LogP contribution in [0.4, 0.5) is 0 Å². The summed E-state index contributed by atoms with van der Waals surface area (Å²) in [4.78, 5) is 4.23. The van der Waals surface area contributed by atoms with E-state index >= 15 is 0 Å². The molecule has 1 aromatic heterocycles. The molecular weight excluding hydrogens is 234 g/mol. The molecule has 1 heterocycles. The minimum atomic E-state index is 0.282. The van der Waals surface area contributed by atoms with E-state index in [2.05, 4.69) is 37.9 Å². The Morgan fingerprint density at radius 2 is 1.84 bits per heavy atom. The highest BCUT2D eigenvalue weighted by Crippen LogP contribution is 2.25. The van der Waals surface area contributed by atoms with Crippen LogP contribution in [-0.4, -0.2) is 4.98 Å². The van der Waals surface area contributed by atoms with Crippen LogP contribution in [0, 0.1) is 12.3 Å². The quantitative estimate of drug-likeness (QED) is 0.788. The van der Waals surface area contributed by atoms with E-state index in [9.17, 15) is 0 Å². The predicted molar refractivity (Wildman–Crippen MR) is 78.6 cm³/mol. The molecule has 0 aliphatic rings. The smallest absolute Gasteiger partial charge is 0.145 e. The Bertz CT molecular complexity index is 538. The molecule has 2 rings (SSSR count). The second-order valence-electron chi connectivity index (χ2n) is 6.12. The Morgan fingerprint density at radius 1 is 1.05 bits per heavy atom. The number of pyridine rings is 1. The zero-order valence-electron chi connectivity index (χ0n) is 12.1. The molecule has 0 fully saturated rings. The molecule has 0 aliphatic carbocycles. The van der Waals surface area contributed by atoms with Gasteiger partial charge in [-0.25, -0.2) is 0 Å². The molecule has 0 aliphatic heterocycles. The number of rotatable bonds is 3. The van der Waals surface area contributed by atoms with Gasteiger partial charge < -0.3 is 4.74 Å². The summed E-state index contributed by atoms with van der Waals surface area (Å²) in [6.45, 7) is 8.69. The van der Waals surface area contributed by atoms with Crippen LogP contribution in [0.1, 0.15) is 32.0 Å². The highest BCUT2D eigenvalue weighted by Gasteiger charge is 2.11. The van der Waals surface area contributed by atoms with Crippen molar-refractivity contribution in [3.8, 4) is 11.5 Å². The lowest BCUT2D eigenvalue weighted by Gasteiger charge is -2.18. The van der Waals surface area contributed by atoms with E-state index < -0.39 is 0 Å². The summed E-state index contributed by atoms with van der Waals surface area (Å²) in [5, 5.41) is 0. The molecule has 0 bridgehead atoms. The van der Waals surface area contributed by atoms with Crippen molar-refractivity contribution < 1.29 is 4.74 Å². The number of aromatic nitrogens is 1. The average Bonchev–Trinajstić information content (AvgIpc) is 2.30. The lowest BCUT2D eigenvalue weighted by Crippen LogP contribution is -2.08. The zero-order valence-corrected chi connectivity index (χ0v) is 12.1. The van der Waals surface area contributed by atoms with Crippen molar-refractivity contribution in [1.29, 1.82) is 0 Å². The van der Waals surface area contributed by atoms with E-state index in [0.29, 0.717) is 0 Å². The van der Waals surface area contributed by atoms with Gasteiger partial charge in [-0.3, -0.25) is 4.98 Å². The predicted octanol–water partition coefficient (Wildman–Crippen LogP) is 4.77. The minimum Gasteiger partial charge on any atom is -0.456 e. The van der Waals surface area contributed by atoms with Crippen LogP contribution in [0.15, 0.2) is 42.6 Å². The maximum Gasteiger partial charge on any atom is 0.145 e. The molecule has 0 radical (unpaired) electrons. The van der Waals surface area contributed by atoms with E-state index in [4.69, 9.17) is 4.74 Å². The standard InChI is InChI=1S/C17H21NO/c1-13-8-9-16(12-18-13)19-15-7-5-6-14(10-15)11-17(2,3)4/h5-10,12H,11H2,1-4H3. The maximum absolute atomic E-state index is 5.83. The lowest BCUT2D eigenvalue weighted by atomic mass is 9.88. The van der Waals surface area contributed by atoms with E-state index in [0.717, 1.165) is 23.6 Å². The van der Waals surface area contributed by atoms with Crippen molar-refractivity contribution >= 4 is 0 Å². The summed E-state index contributed by atoms with van der Waals surface area (Å²) in [6.07, 6.45) is 2.79. The SMILES string of the molecule is Cc1ccc(Oc2cccc(CC(C)(C)C)c2)cn1. The number of hydrogen-bond donors (Lipinski definition) is 0. The number of benzene rings is 1. The number of nitrogens with zero attached hydrogens (tertiary/aromatic N) is 1. The first-order valence-electron chi connectivity index (χ1n) is 6.62. The molecule has 2 heteroatoms. The van der Waals surface area contributed by atoms with Gasteiger partial charge in [0.15, 0.2) is 0 Å². The molecule has 0 saturated carbocycles. The van der Waals surface area contributed by atoms with Crippen LogP contribution in [0.25, 0.3) is 0 Å². The maximum atomic E-state index is 5.83. The molecule has 0 spiro atoms. The molecule has 0 saturated heterocycles. The highest BCUT2D eigenvalue weighted by atomic mass is 16.5. The van der Waals surface area contributed by atoms with Crippen LogP contribution >= 0.6 is 0 Å². The van der Waals surface area contributed by atoms with Crippen LogP contribution < -0.4 is 4.74 Å². The molecule has 19 heavy (non-hydrogen) atoms. The van der Waals surface area contributed by atoms with Crippen LogP contribution in [0.5, 0.6) is 11.5 Å². The third-order valence-corrected chi connectivity index (χ3v) is 2.75. The van der Waals surface area contributed by atoms with Crippen molar-refractivity contribution in [3.05, 3.63) is 53.9 Å². The number of ether oxygens (including phenoxy) is 1. The number of hydrogen-bond acceptors (Lipinski definition) is 2. The summed E-state index contributed by atoms with van der Waals surface area (Å²) < 4.78 is 5.83. The number of aryl methyl sites for hydroxylation is 1. The Labute approximate surface area is 115 Å². The molecule has 0 amide bonds. The average molecular weight is 255 g/mol. The largest absolute Gasteiger partial charge is 0.456 e. The molecule has 1 aromatic carbocycles. The fraction of sp³-hybridized carbons (Fsp3) is 0.353. The van der Waals surface area contributed by atoms with Crippen molar-refractivity contribution in [3.63, 3.8) is 0 Å². The van der Waals surface area contributed by atoms with Crippen molar-refractivity contribution in [2.45, 2.75) is 34.1 Å². The van der Waals surface area contributed by atoms with Gasteiger partial charge in [0.25, 0.3) is 0 Å². The zero-order chi connectivity index (χ0) is 13.9. The second-order valence-corrected chi connectivity index (χ2v) is 6.12. The fourth-order valence-electron chi connectivity index (χ4n) is 1.98. The van der Waals surface area contributed by atoms with Gasteiger partial charge in [0, 0.05) is 5.69 Å². The Kier molecular flexibility index (Phi) is 3.89. The minimum absolute atomic E-state index is 0.282. The molecular formula is C17H21NO. The van der Waals surface area contributed by atoms with Crippen molar-refractivity contribution in [1.82, 2.24) is 4.98 Å². The van der Waals surface area contributed by atoms with E-state index in [-0.39, 0.29) is 5.41 Å². The lowest BCUT2D eigenvalue weighted by molar-refractivity contribution is 0.409. The summed E-state index contributed by atoms with van der Waals surface area (Å²) in [6, 6.07) is 12.2. The first-order chi connectivity index (χ1) is 8.92. The molecule has 0 unspecified atom stereocenters. The van der Waals surface area contributed by atoms with Crippen molar-refractivity contribution in [2.24, 2.45) is 5.41 Å². The molecule has 0 atom stereocenters. The van der Waals surface area contributed by atoms with Gasteiger partial charge in [-0.15, -0.1) is 0 Å². The highest BCUT2D eigenvalue weighted by molar-refractivity contribution is 5.33. The Morgan fingerprint density at radius 3 is 2.47 bits per heavy atom. The molecule has 100 valence electrons. The monoisotopic (exact) mass is 255 g/mol. The van der Waals surface area contributed by atoms with Crippen LogP contribution in [0.2, 0.25) is 0 Å². The summed E-state index contributed by atoms with van der Waals surface area (Å²) in [5.41, 5.74) is 2.57. The Balaban J connectivity index is 2.13. The van der Waals surface area contributed by atoms with Gasteiger partial charge in [-0.05, 0) is 48.6 Å².